The fourth-order valence-electron chi connectivity index (χ4n) is 4.43. The molecule has 2 aliphatic rings. The van der Waals surface area contributed by atoms with E-state index in [2.05, 4.69) is 52.0 Å². The van der Waals surface area contributed by atoms with Crippen molar-refractivity contribution in [3.05, 3.63) is 45.0 Å². The minimum Gasteiger partial charge on any atom is -0.344 e. The Labute approximate surface area is 203 Å². The molecule has 1 fully saturated rings. The van der Waals surface area contributed by atoms with Crippen molar-refractivity contribution in [2.75, 3.05) is 25.0 Å². The highest BCUT2D eigenvalue weighted by Gasteiger charge is 2.38. The number of likely N-dealkylation sites (tertiary alicyclic amines) is 1. The lowest BCUT2D eigenvalue weighted by atomic mass is 9.84. The standard InChI is InChI=1S/C22H24FIN6OS/c1-22(2)6-14-17(21(31)29-8-12(7-25)9-29)20(27-16-4-3-13(24)5-15(16)23)32-18(14)19-28-26-11-30(19)10-22/h3-5,11-12,27H,6-10,25H2,1-2H3. The SMILES string of the molecule is CC1(C)Cc2c(sc(Nc3ccc(I)cc3F)c2C(=O)N2CC(CN)C2)-c2nncn2C1. The van der Waals surface area contributed by atoms with Crippen molar-refractivity contribution < 1.29 is 9.18 Å². The molecule has 168 valence electrons. The predicted octanol–water partition coefficient (Wildman–Crippen LogP) is 4.11. The van der Waals surface area contributed by atoms with Crippen molar-refractivity contribution in [2.45, 2.75) is 26.8 Å². The highest BCUT2D eigenvalue weighted by atomic mass is 127. The second kappa shape index (κ2) is 8.07. The van der Waals surface area contributed by atoms with E-state index in [9.17, 15) is 9.18 Å². The zero-order valence-corrected chi connectivity index (χ0v) is 20.8. The number of fused-ring (bicyclic) bond motifs is 3. The molecule has 7 nitrogen and oxygen atoms in total. The normalized spacial score (nSPS) is 17.3. The van der Waals surface area contributed by atoms with Gasteiger partial charge in [0.1, 0.15) is 17.1 Å². The molecule has 1 amide bonds. The largest absolute Gasteiger partial charge is 0.344 e. The lowest BCUT2D eigenvalue weighted by molar-refractivity contribution is 0.0515. The third-order valence-electron chi connectivity index (χ3n) is 6.05. The highest BCUT2D eigenvalue weighted by molar-refractivity contribution is 14.1. The van der Waals surface area contributed by atoms with Gasteiger partial charge in [0.15, 0.2) is 5.82 Å². The summed E-state index contributed by atoms with van der Waals surface area (Å²) in [5.74, 6) is 0.698. The molecule has 0 atom stereocenters. The van der Waals surface area contributed by atoms with Gasteiger partial charge in [-0.05, 0) is 64.7 Å². The molecule has 0 bridgehead atoms. The summed E-state index contributed by atoms with van der Waals surface area (Å²) in [5, 5.41) is 12.3. The number of anilines is 2. The van der Waals surface area contributed by atoms with Crippen molar-refractivity contribution in [2.24, 2.45) is 17.1 Å². The minimum atomic E-state index is -0.352. The Morgan fingerprint density at radius 2 is 2.19 bits per heavy atom. The molecule has 0 unspecified atom stereocenters. The first-order valence-electron chi connectivity index (χ1n) is 10.5. The molecule has 10 heteroatoms. The fourth-order valence-corrected chi connectivity index (χ4v) is 6.10. The van der Waals surface area contributed by atoms with Crippen LogP contribution in [-0.2, 0) is 13.0 Å². The van der Waals surface area contributed by atoms with E-state index < -0.39 is 0 Å². The number of carbonyl (C=O) groups excluding carboxylic acids is 1. The van der Waals surface area contributed by atoms with Gasteiger partial charge >= 0.3 is 0 Å². The summed E-state index contributed by atoms with van der Waals surface area (Å²) in [6.07, 6.45) is 2.45. The van der Waals surface area contributed by atoms with Gasteiger partial charge in [-0.2, -0.15) is 0 Å². The average Bonchev–Trinajstić information content (AvgIpc) is 3.24. The van der Waals surface area contributed by atoms with Crippen LogP contribution in [0.4, 0.5) is 15.1 Å². The van der Waals surface area contributed by atoms with Crippen LogP contribution in [0.5, 0.6) is 0 Å². The van der Waals surface area contributed by atoms with Crippen LogP contribution >= 0.6 is 33.9 Å². The maximum Gasteiger partial charge on any atom is 0.257 e. The summed E-state index contributed by atoms with van der Waals surface area (Å²) in [7, 11) is 0. The van der Waals surface area contributed by atoms with Crippen molar-refractivity contribution in [1.29, 1.82) is 0 Å². The van der Waals surface area contributed by atoms with Gasteiger partial charge in [0, 0.05) is 29.1 Å². The molecule has 4 heterocycles. The molecule has 1 aromatic carbocycles. The number of halogens is 2. The molecule has 0 spiro atoms. The Morgan fingerprint density at radius 3 is 2.91 bits per heavy atom. The first-order chi connectivity index (χ1) is 15.3. The molecule has 0 aliphatic carbocycles. The maximum atomic E-state index is 14.7. The van der Waals surface area contributed by atoms with Crippen LogP contribution in [0, 0.1) is 20.7 Å². The summed E-state index contributed by atoms with van der Waals surface area (Å²) in [5.41, 5.74) is 7.60. The van der Waals surface area contributed by atoms with Gasteiger partial charge in [-0.25, -0.2) is 4.39 Å². The summed E-state index contributed by atoms with van der Waals surface area (Å²) in [4.78, 5) is 16.4. The van der Waals surface area contributed by atoms with E-state index in [1.165, 1.54) is 17.4 Å². The van der Waals surface area contributed by atoms with Gasteiger partial charge in [-0.3, -0.25) is 4.79 Å². The van der Waals surface area contributed by atoms with Crippen LogP contribution in [0.15, 0.2) is 24.5 Å². The number of thiophene rings is 1. The Hall–Kier alpha value is -2.05. The van der Waals surface area contributed by atoms with Gasteiger partial charge in [-0.15, -0.1) is 21.5 Å². The number of carbonyl (C=O) groups is 1. The summed E-state index contributed by atoms with van der Waals surface area (Å²) >= 11 is 3.52. The molecule has 1 saturated heterocycles. The molecule has 5 rings (SSSR count). The fraction of sp³-hybridized carbons (Fsp3) is 0.409. The smallest absolute Gasteiger partial charge is 0.257 e. The van der Waals surface area contributed by atoms with E-state index in [4.69, 9.17) is 5.73 Å². The number of aromatic nitrogens is 3. The third kappa shape index (κ3) is 3.81. The third-order valence-corrected chi connectivity index (χ3v) is 7.86. The lowest BCUT2D eigenvalue weighted by Crippen LogP contribution is -2.52. The first kappa shape index (κ1) is 21.8. The van der Waals surface area contributed by atoms with E-state index in [1.54, 1.807) is 12.4 Å². The van der Waals surface area contributed by atoms with E-state index in [0.717, 1.165) is 26.4 Å². The molecule has 0 radical (unpaired) electrons. The number of amides is 1. The molecule has 3 aromatic rings. The summed E-state index contributed by atoms with van der Waals surface area (Å²) in [6, 6.07) is 5.02. The van der Waals surface area contributed by atoms with E-state index in [1.807, 2.05) is 15.5 Å². The van der Waals surface area contributed by atoms with Crippen LogP contribution in [0.25, 0.3) is 10.7 Å². The Bertz CT molecular complexity index is 1200. The monoisotopic (exact) mass is 566 g/mol. The van der Waals surface area contributed by atoms with E-state index in [0.29, 0.717) is 48.2 Å². The number of nitrogens with zero attached hydrogens (tertiary/aromatic N) is 4. The van der Waals surface area contributed by atoms with Gasteiger partial charge in [0.25, 0.3) is 5.91 Å². The van der Waals surface area contributed by atoms with Gasteiger partial charge in [0.2, 0.25) is 0 Å². The molecule has 32 heavy (non-hydrogen) atoms. The second-order valence-electron chi connectivity index (χ2n) is 9.30. The van der Waals surface area contributed by atoms with Crippen molar-refractivity contribution >= 4 is 50.5 Å². The second-order valence-corrected chi connectivity index (χ2v) is 11.6. The first-order valence-corrected chi connectivity index (χ1v) is 12.4. The number of hydrogen-bond acceptors (Lipinski definition) is 6. The Balaban J connectivity index is 1.64. The number of rotatable bonds is 4. The molecule has 0 saturated carbocycles. The van der Waals surface area contributed by atoms with E-state index >= 15 is 0 Å². The number of benzene rings is 1. The van der Waals surface area contributed by atoms with Crippen molar-refractivity contribution in [3.63, 3.8) is 0 Å². The quantitative estimate of drug-likeness (QED) is 0.465. The highest BCUT2D eigenvalue weighted by Crippen LogP contribution is 2.47. The van der Waals surface area contributed by atoms with Gasteiger partial charge < -0.3 is 20.5 Å². The summed E-state index contributed by atoms with van der Waals surface area (Å²) in [6.45, 7) is 6.99. The van der Waals surface area contributed by atoms with Crippen LogP contribution in [-0.4, -0.2) is 45.2 Å². The Morgan fingerprint density at radius 1 is 1.41 bits per heavy atom. The molecular formula is C22H24FIN6OS. The van der Waals surface area contributed by atoms with E-state index in [-0.39, 0.29) is 17.1 Å². The zero-order chi connectivity index (χ0) is 22.6. The van der Waals surface area contributed by atoms with Crippen LogP contribution in [0.2, 0.25) is 0 Å². The van der Waals surface area contributed by atoms with Crippen molar-refractivity contribution in [1.82, 2.24) is 19.7 Å². The van der Waals surface area contributed by atoms with Gasteiger partial charge in [0.05, 0.1) is 16.1 Å². The topological polar surface area (TPSA) is 89.1 Å². The maximum absolute atomic E-state index is 14.7. The predicted molar refractivity (Wildman–Crippen MR) is 132 cm³/mol. The number of nitrogens with one attached hydrogen (secondary N) is 1. The number of hydrogen-bond donors (Lipinski definition) is 2. The number of nitrogens with two attached hydrogens (primary N) is 1. The van der Waals surface area contributed by atoms with Crippen LogP contribution in [0.3, 0.4) is 0 Å². The summed E-state index contributed by atoms with van der Waals surface area (Å²) < 4.78 is 17.5. The van der Waals surface area contributed by atoms with Crippen molar-refractivity contribution in [3.8, 4) is 10.7 Å². The molecular weight excluding hydrogens is 542 g/mol. The molecule has 2 aliphatic heterocycles. The van der Waals surface area contributed by atoms with Crippen LogP contribution < -0.4 is 11.1 Å². The minimum absolute atomic E-state index is 0.0376. The average molecular weight is 566 g/mol. The molecule has 3 N–H and O–H groups in total. The van der Waals surface area contributed by atoms with Crippen LogP contribution in [0.1, 0.15) is 29.8 Å². The Kier molecular flexibility index (Phi) is 5.49. The van der Waals surface area contributed by atoms with Gasteiger partial charge in [-0.1, -0.05) is 13.8 Å². The molecule has 2 aromatic heterocycles. The zero-order valence-electron chi connectivity index (χ0n) is 17.9. The lowest BCUT2D eigenvalue weighted by Gasteiger charge is -2.39.